The molecule has 0 atom stereocenters. The minimum absolute atomic E-state index is 0.0639. The summed E-state index contributed by atoms with van der Waals surface area (Å²) >= 11 is 7.64. The molecule has 0 saturated heterocycles. The SMILES string of the molecule is Cc1ccc(S(=O)(=O)Nc2ccc(-c3csc(C)n3)cc2)c(Cl)c1. The predicted octanol–water partition coefficient (Wildman–Crippen LogP) is 4.88. The normalized spacial score (nSPS) is 11.5. The lowest BCUT2D eigenvalue weighted by atomic mass is 10.1. The molecule has 0 bridgehead atoms. The van der Waals surface area contributed by atoms with Gasteiger partial charge >= 0.3 is 0 Å². The number of rotatable bonds is 4. The molecule has 3 aromatic rings. The summed E-state index contributed by atoms with van der Waals surface area (Å²) in [4.78, 5) is 4.48. The van der Waals surface area contributed by atoms with Gasteiger partial charge in [-0.05, 0) is 43.7 Å². The predicted molar refractivity (Wildman–Crippen MR) is 99.3 cm³/mol. The number of thiazole rings is 1. The van der Waals surface area contributed by atoms with Gasteiger partial charge in [0.15, 0.2) is 0 Å². The number of sulfonamides is 1. The Hall–Kier alpha value is -1.89. The van der Waals surface area contributed by atoms with E-state index in [0.29, 0.717) is 5.69 Å². The van der Waals surface area contributed by atoms with Crippen molar-refractivity contribution < 1.29 is 8.42 Å². The Balaban J connectivity index is 1.85. The Morgan fingerprint density at radius 1 is 1.08 bits per heavy atom. The van der Waals surface area contributed by atoms with E-state index in [4.69, 9.17) is 11.6 Å². The van der Waals surface area contributed by atoms with Crippen LogP contribution in [0, 0.1) is 13.8 Å². The van der Waals surface area contributed by atoms with Gasteiger partial charge in [-0.1, -0.05) is 29.8 Å². The summed E-state index contributed by atoms with van der Waals surface area (Å²) in [5.74, 6) is 0. The lowest BCUT2D eigenvalue weighted by Gasteiger charge is -2.10. The molecule has 0 unspecified atom stereocenters. The van der Waals surface area contributed by atoms with Crippen molar-refractivity contribution in [2.75, 3.05) is 4.72 Å². The molecule has 0 spiro atoms. The molecular weight excluding hydrogens is 364 g/mol. The molecule has 0 aliphatic rings. The Morgan fingerprint density at radius 2 is 1.79 bits per heavy atom. The van der Waals surface area contributed by atoms with Gasteiger partial charge in [-0.25, -0.2) is 13.4 Å². The van der Waals surface area contributed by atoms with Crippen molar-refractivity contribution in [3.8, 4) is 11.3 Å². The van der Waals surface area contributed by atoms with Crippen LogP contribution >= 0.6 is 22.9 Å². The molecule has 1 heterocycles. The highest BCUT2D eigenvalue weighted by Crippen LogP contribution is 2.27. The van der Waals surface area contributed by atoms with E-state index in [-0.39, 0.29) is 9.92 Å². The minimum Gasteiger partial charge on any atom is -0.280 e. The quantitative estimate of drug-likeness (QED) is 0.703. The molecule has 0 saturated carbocycles. The second kappa shape index (κ2) is 6.55. The number of halogens is 1. The van der Waals surface area contributed by atoms with E-state index in [9.17, 15) is 8.42 Å². The molecule has 0 fully saturated rings. The fourth-order valence-electron chi connectivity index (χ4n) is 2.24. The van der Waals surface area contributed by atoms with Gasteiger partial charge in [0.25, 0.3) is 10.0 Å². The van der Waals surface area contributed by atoms with Crippen LogP contribution < -0.4 is 4.72 Å². The summed E-state index contributed by atoms with van der Waals surface area (Å²) in [6, 6.07) is 11.9. The summed E-state index contributed by atoms with van der Waals surface area (Å²) in [6.45, 7) is 3.80. The van der Waals surface area contributed by atoms with E-state index in [1.807, 2.05) is 31.4 Å². The summed E-state index contributed by atoms with van der Waals surface area (Å²) in [7, 11) is -3.73. The van der Waals surface area contributed by atoms with Crippen molar-refractivity contribution in [2.45, 2.75) is 18.7 Å². The fraction of sp³-hybridized carbons (Fsp3) is 0.118. The lowest BCUT2D eigenvalue weighted by Crippen LogP contribution is -2.13. The molecule has 4 nitrogen and oxygen atoms in total. The Kier molecular flexibility index (Phi) is 4.62. The molecule has 0 aliphatic carbocycles. The van der Waals surface area contributed by atoms with Gasteiger partial charge in [0.05, 0.1) is 15.7 Å². The van der Waals surface area contributed by atoms with Crippen LogP contribution in [0.5, 0.6) is 0 Å². The fourth-order valence-corrected chi connectivity index (χ4v) is 4.52. The first kappa shape index (κ1) is 17.0. The van der Waals surface area contributed by atoms with Crippen LogP contribution in [-0.4, -0.2) is 13.4 Å². The van der Waals surface area contributed by atoms with E-state index in [1.54, 1.807) is 35.6 Å². The number of nitrogens with one attached hydrogen (secondary N) is 1. The zero-order chi connectivity index (χ0) is 17.3. The van der Waals surface area contributed by atoms with Crippen LogP contribution in [0.3, 0.4) is 0 Å². The van der Waals surface area contributed by atoms with Crippen molar-refractivity contribution in [2.24, 2.45) is 0 Å². The first-order valence-electron chi connectivity index (χ1n) is 7.17. The summed E-state index contributed by atoms with van der Waals surface area (Å²) in [5, 5.41) is 3.17. The second-order valence-corrected chi connectivity index (χ2v) is 8.49. The Morgan fingerprint density at radius 3 is 2.38 bits per heavy atom. The maximum absolute atomic E-state index is 12.5. The maximum atomic E-state index is 12.5. The first-order valence-corrected chi connectivity index (χ1v) is 9.91. The smallest absolute Gasteiger partial charge is 0.263 e. The van der Waals surface area contributed by atoms with Crippen LogP contribution in [0.1, 0.15) is 10.6 Å². The number of hydrogen-bond donors (Lipinski definition) is 1. The third-order valence-corrected chi connectivity index (χ3v) is 6.07. The number of anilines is 1. The lowest BCUT2D eigenvalue weighted by molar-refractivity contribution is 0.601. The van der Waals surface area contributed by atoms with E-state index in [2.05, 4.69) is 9.71 Å². The minimum atomic E-state index is -3.73. The number of aromatic nitrogens is 1. The van der Waals surface area contributed by atoms with Crippen molar-refractivity contribution in [3.63, 3.8) is 0 Å². The number of aryl methyl sites for hydroxylation is 2. The van der Waals surface area contributed by atoms with Gasteiger partial charge in [-0.2, -0.15) is 0 Å². The molecule has 7 heteroatoms. The van der Waals surface area contributed by atoms with Gasteiger partial charge in [0.1, 0.15) is 4.90 Å². The highest BCUT2D eigenvalue weighted by Gasteiger charge is 2.18. The van der Waals surface area contributed by atoms with Crippen LogP contribution in [-0.2, 0) is 10.0 Å². The third kappa shape index (κ3) is 3.61. The zero-order valence-electron chi connectivity index (χ0n) is 13.1. The van der Waals surface area contributed by atoms with Gasteiger partial charge in [-0.15, -0.1) is 11.3 Å². The topological polar surface area (TPSA) is 59.1 Å². The van der Waals surface area contributed by atoms with Gasteiger partial charge in [-0.3, -0.25) is 4.72 Å². The summed E-state index contributed by atoms with van der Waals surface area (Å²) in [5.41, 5.74) is 3.20. The van der Waals surface area contributed by atoms with Gasteiger partial charge < -0.3 is 0 Å². The molecule has 3 rings (SSSR count). The molecule has 0 radical (unpaired) electrons. The largest absolute Gasteiger partial charge is 0.280 e. The number of nitrogens with zero attached hydrogens (tertiary/aromatic N) is 1. The number of hydrogen-bond acceptors (Lipinski definition) is 4. The second-order valence-electron chi connectivity index (χ2n) is 5.37. The van der Waals surface area contributed by atoms with Crippen molar-refractivity contribution in [1.29, 1.82) is 0 Å². The van der Waals surface area contributed by atoms with Crippen molar-refractivity contribution in [3.05, 3.63) is 63.4 Å². The van der Waals surface area contributed by atoms with E-state index < -0.39 is 10.0 Å². The molecule has 1 N–H and O–H groups in total. The van der Waals surface area contributed by atoms with Gasteiger partial charge in [0.2, 0.25) is 0 Å². The Labute approximate surface area is 150 Å². The average Bonchev–Trinajstić information content (AvgIpc) is 2.93. The third-order valence-electron chi connectivity index (χ3n) is 3.43. The summed E-state index contributed by atoms with van der Waals surface area (Å²) in [6.07, 6.45) is 0. The molecule has 0 aliphatic heterocycles. The monoisotopic (exact) mass is 378 g/mol. The van der Waals surface area contributed by atoms with Crippen LogP contribution in [0.15, 0.2) is 52.7 Å². The first-order chi connectivity index (χ1) is 11.3. The standard InChI is InChI=1S/C17H15ClN2O2S2/c1-11-3-8-17(15(18)9-11)24(21,22)20-14-6-4-13(5-7-14)16-10-23-12(2)19-16/h3-10,20H,1-2H3. The van der Waals surface area contributed by atoms with Crippen LogP contribution in [0.25, 0.3) is 11.3 Å². The highest BCUT2D eigenvalue weighted by atomic mass is 35.5. The molecule has 124 valence electrons. The van der Waals surface area contributed by atoms with E-state index in [0.717, 1.165) is 21.8 Å². The Bertz CT molecular complexity index is 980. The number of benzene rings is 2. The molecule has 2 aromatic carbocycles. The average molecular weight is 379 g/mol. The molecule has 24 heavy (non-hydrogen) atoms. The van der Waals surface area contributed by atoms with E-state index in [1.165, 1.54) is 6.07 Å². The van der Waals surface area contributed by atoms with E-state index >= 15 is 0 Å². The van der Waals surface area contributed by atoms with Gasteiger partial charge in [0, 0.05) is 16.6 Å². The van der Waals surface area contributed by atoms with Crippen molar-refractivity contribution >= 4 is 38.6 Å². The molecular formula is C17H15ClN2O2S2. The summed E-state index contributed by atoms with van der Waals surface area (Å²) < 4.78 is 27.5. The zero-order valence-corrected chi connectivity index (χ0v) is 15.5. The maximum Gasteiger partial charge on any atom is 0.263 e. The molecule has 0 amide bonds. The van der Waals surface area contributed by atoms with Crippen LogP contribution in [0.2, 0.25) is 5.02 Å². The highest BCUT2D eigenvalue weighted by molar-refractivity contribution is 7.92. The van der Waals surface area contributed by atoms with Crippen molar-refractivity contribution in [1.82, 2.24) is 4.98 Å². The van der Waals surface area contributed by atoms with Crippen LogP contribution in [0.4, 0.5) is 5.69 Å². The molecule has 1 aromatic heterocycles.